The van der Waals surface area contributed by atoms with Gasteiger partial charge in [-0.05, 0) is 12.1 Å². The number of aliphatic carboxylic acids is 1. The predicted molar refractivity (Wildman–Crippen MR) is 77.5 cm³/mol. The second-order valence-corrected chi connectivity index (χ2v) is 5.02. The van der Waals surface area contributed by atoms with Crippen LogP contribution in [0.25, 0.3) is 6.08 Å². The zero-order valence-electron chi connectivity index (χ0n) is 12.0. The minimum absolute atomic E-state index is 0.217. The van der Waals surface area contributed by atoms with Crippen molar-refractivity contribution in [2.24, 2.45) is 0 Å². The molecule has 1 saturated heterocycles. The Bertz CT molecular complexity index is 570. The fraction of sp³-hybridized carbons (Fsp3) is 0.400. The molecule has 5 N–H and O–H groups in total. The number of aliphatic hydroxyl groups is 4. The summed E-state index contributed by atoms with van der Waals surface area (Å²) < 4.78 is 10.7. The van der Waals surface area contributed by atoms with Gasteiger partial charge in [-0.2, -0.15) is 0 Å². The lowest BCUT2D eigenvalue weighted by Gasteiger charge is -2.39. The summed E-state index contributed by atoms with van der Waals surface area (Å²) in [6.45, 7) is -0.564. The van der Waals surface area contributed by atoms with Gasteiger partial charge in [-0.15, -0.1) is 0 Å². The van der Waals surface area contributed by atoms with Crippen molar-refractivity contribution in [2.45, 2.75) is 30.7 Å². The smallest absolute Gasteiger partial charge is 0.328 e. The van der Waals surface area contributed by atoms with Gasteiger partial charge >= 0.3 is 5.97 Å². The Morgan fingerprint density at radius 1 is 1.17 bits per heavy atom. The molecule has 0 aromatic heterocycles. The van der Waals surface area contributed by atoms with Crippen LogP contribution in [0.1, 0.15) is 5.56 Å². The summed E-state index contributed by atoms with van der Waals surface area (Å²) in [6.07, 6.45) is -4.74. The molecular weight excluding hydrogens is 308 g/mol. The maximum atomic E-state index is 10.6. The molecule has 2 rings (SSSR count). The maximum absolute atomic E-state index is 10.6. The molecule has 1 aromatic rings. The number of hydrogen-bond donors (Lipinski definition) is 5. The number of carboxylic acids is 1. The standard InChI is InChI=1S/C15H18O8/c16-7-10-12(19)13(20)14(21)15(23-10)22-9-4-2-1-3-8(9)5-6-11(17)18/h1-6,10,12-16,19-21H,7H2,(H,17,18)/t10-,12-,13-,14-,15-/m1/s1. The van der Waals surface area contributed by atoms with Crippen molar-refractivity contribution >= 4 is 12.0 Å². The van der Waals surface area contributed by atoms with Crippen molar-refractivity contribution in [3.05, 3.63) is 35.9 Å². The fourth-order valence-electron chi connectivity index (χ4n) is 2.18. The number of ether oxygens (including phenoxy) is 2. The number of benzene rings is 1. The van der Waals surface area contributed by atoms with Crippen molar-refractivity contribution in [3.63, 3.8) is 0 Å². The summed E-state index contributed by atoms with van der Waals surface area (Å²) in [7, 11) is 0. The minimum Gasteiger partial charge on any atom is -0.478 e. The van der Waals surface area contributed by atoms with Crippen LogP contribution in [0.2, 0.25) is 0 Å². The first-order valence-corrected chi connectivity index (χ1v) is 6.91. The number of rotatable bonds is 5. The highest BCUT2D eigenvalue weighted by Crippen LogP contribution is 2.27. The van der Waals surface area contributed by atoms with Gasteiger partial charge < -0.3 is 35.0 Å². The monoisotopic (exact) mass is 326 g/mol. The molecule has 0 bridgehead atoms. The van der Waals surface area contributed by atoms with E-state index in [0.29, 0.717) is 5.56 Å². The molecule has 8 nitrogen and oxygen atoms in total. The van der Waals surface area contributed by atoms with Crippen LogP contribution in [0.15, 0.2) is 30.3 Å². The molecule has 0 unspecified atom stereocenters. The molecule has 0 radical (unpaired) electrons. The van der Waals surface area contributed by atoms with Crippen molar-refractivity contribution in [1.29, 1.82) is 0 Å². The largest absolute Gasteiger partial charge is 0.478 e. The molecule has 1 fully saturated rings. The van der Waals surface area contributed by atoms with Gasteiger partial charge in [0.25, 0.3) is 0 Å². The van der Waals surface area contributed by atoms with E-state index in [9.17, 15) is 20.1 Å². The average Bonchev–Trinajstić information content (AvgIpc) is 2.54. The summed E-state index contributed by atoms with van der Waals surface area (Å²) in [5.74, 6) is -0.915. The molecule has 0 saturated carbocycles. The molecule has 1 heterocycles. The lowest BCUT2D eigenvalue weighted by molar-refractivity contribution is -0.277. The first kappa shape index (κ1) is 17.4. The van der Waals surface area contributed by atoms with E-state index in [0.717, 1.165) is 6.08 Å². The average molecular weight is 326 g/mol. The Morgan fingerprint density at radius 2 is 1.87 bits per heavy atom. The lowest BCUT2D eigenvalue weighted by atomic mass is 9.99. The van der Waals surface area contributed by atoms with Gasteiger partial charge in [0.2, 0.25) is 6.29 Å². The highest BCUT2D eigenvalue weighted by molar-refractivity contribution is 5.85. The van der Waals surface area contributed by atoms with E-state index < -0.39 is 43.3 Å². The zero-order chi connectivity index (χ0) is 17.0. The summed E-state index contributed by atoms with van der Waals surface area (Å²) in [6, 6.07) is 6.43. The van der Waals surface area contributed by atoms with Crippen molar-refractivity contribution in [1.82, 2.24) is 0 Å². The van der Waals surface area contributed by atoms with Crippen molar-refractivity contribution in [2.75, 3.05) is 6.61 Å². The number of carboxylic acid groups (broad SMARTS) is 1. The van der Waals surface area contributed by atoms with Crippen molar-refractivity contribution < 1.29 is 39.8 Å². The Hall–Kier alpha value is -1.97. The van der Waals surface area contributed by atoms with E-state index in [1.54, 1.807) is 18.2 Å². The maximum Gasteiger partial charge on any atom is 0.328 e. The normalized spacial score (nSPS) is 31.2. The van der Waals surface area contributed by atoms with Crippen LogP contribution in [0.3, 0.4) is 0 Å². The van der Waals surface area contributed by atoms with Gasteiger partial charge in [0.05, 0.1) is 6.61 Å². The second kappa shape index (κ2) is 7.53. The molecule has 126 valence electrons. The number of para-hydroxylation sites is 1. The Kier molecular flexibility index (Phi) is 5.69. The fourth-order valence-corrected chi connectivity index (χ4v) is 2.18. The predicted octanol–water partition coefficient (Wildman–Crippen LogP) is -1.04. The van der Waals surface area contributed by atoms with Gasteiger partial charge in [0.15, 0.2) is 0 Å². The third-order valence-electron chi connectivity index (χ3n) is 3.42. The van der Waals surface area contributed by atoms with Crippen LogP contribution in [0.4, 0.5) is 0 Å². The van der Waals surface area contributed by atoms with Crippen LogP contribution in [-0.2, 0) is 9.53 Å². The molecule has 1 aliphatic rings. The van der Waals surface area contributed by atoms with E-state index in [1.165, 1.54) is 12.1 Å². The SMILES string of the molecule is O=C(O)C=Cc1ccccc1O[C@@H]1O[C@H](CO)[C@@H](O)[C@@H](O)[C@H]1O. The van der Waals surface area contributed by atoms with Crippen LogP contribution in [0, 0.1) is 0 Å². The van der Waals surface area contributed by atoms with E-state index in [1.807, 2.05) is 0 Å². The third-order valence-corrected chi connectivity index (χ3v) is 3.42. The Morgan fingerprint density at radius 3 is 2.52 bits per heavy atom. The first-order valence-electron chi connectivity index (χ1n) is 6.91. The molecule has 1 aromatic carbocycles. The second-order valence-electron chi connectivity index (χ2n) is 5.02. The minimum atomic E-state index is -1.55. The molecule has 5 atom stereocenters. The van der Waals surface area contributed by atoms with Gasteiger partial charge in [0, 0.05) is 11.6 Å². The van der Waals surface area contributed by atoms with Crippen LogP contribution in [0.5, 0.6) is 5.75 Å². The van der Waals surface area contributed by atoms with Gasteiger partial charge in [-0.25, -0.2) is 4.79 Å². The highest BCUT2D eigenvalue weighted by atomic mass is 16.7. The van der Waals surface area contributed by atoms with Gasteiger partial charge in [-0.1, -0.05) is 18.2 Å². The zero-order valence-corrected chi connectivity index (χ0v) is 12.0. The Balaban J connectivity index is 2.19. The molecular formula is C15H18O8. The van der Waals surface area contributed by atoms with Crippen LogP contribution >= 0.6 is 0 Å². The summed E-state index contributed by atoms with van der Waals surface area (Å²) in [5.41, 5.74) is 0.423. The molecule has 8 heteroatoms. The topological polar surface area (TPSA) is 137 Å². The lowest BCUT2D eigenvalue weighted by Crippen LogP contribution is -2.60. The van der Waals surface area contributed by atoms with Gasteiger partial charge in [-0.3, -0.25) is 0 Å². The summed E-state index contributed by atoms with van der Waals surface area (Å²) in [5, 5.41) is 47.2. The van der Waals surface area contributed by atoms with E-state index in [2.05, 4.69) is 0 Å². The van der Waals surface area contributed by atoms with E-state index >= 15 is 0 Å². The Labute approximate surface area is 131 Å². The molecule has 23 heavy (non-hydrogen) atoms. The first-order chi connectivity index (χ1) is 10.9. The van der Waals surface area contributed by atoms with Crippen LogP contribution < -0.4 is 4.74 Å². The molecule has 1 aliphatic heterocycles. The highest BCUT2D eigenvalue weighted by Gasteiger charge is 2.44. The molecule has 0 spiro atoms. The number of carbonyl (C=O) groups is 1. The summed E-state index contributed by atoms with van der Waals surface area (Å²) in [4.78, 5) is 10.6. The third kappa shape index (κ3) is 4.06. The molecule has 0 aliphatic carbocycles. The quantitative estimate of drug-likeness (QED) is 0.433. The number of aliphatic hydroxyl groups excluding tert-OH is 4. The van der Waals surface area contributed by atoms with Crippen LogP contribution in [-0.4, -0.2) is 68.8 Å². The number of hydrogen-bond acceptors (Lipinski definition) is 7. The van der Waals surface area contributed by atoms with E-state index in [-0.39, 0.29) is 5.75 Å². The van der Waals surface area contributed by atoms with Gasteiger partial charge in [0.1, 0.15) is 30.2 Å². The van der Waals surface area contributed by atoms with E-state index in [4.69, 9.17) is 19.7 Å². The summed E-state index contributed by atoms with van der Waals surface area (Å²) >= 11 is 0. The van der Waals surface area contributed by atoms with Crippen molar-refractivity contribution in [3.8, 4) is 5.75 Å². The molecule has 0 amide bonds.